The van der Waals surface area contributed by atoms with Crippen molar-refractivity contribution >= 4 is 11.9 Å². The lowest BCUT2D eigenvalue weighted by Crippen LogP contribution is -2.28. The highest BCUT2D eigenvalue weighted by atomic mass is 19.1. The van der Waals surface area contributed by atoms with E-state index in [4.69, 9.17) is 0 Å². The number of rotatable bonds is 4. The highest BCUT2D eigenvalue weighted by Crippen LogP contribution is 2.17. The molecule has 0 unspecified atom stereocenters. The summed E-state index contributed by atoms with van der Waals surface area (Å²) in [6, 6.07) is 5.11. The Morgan fingerprint density at radius 2 is 1.94 bits per heavy atom. The summed E-state index contributed by atoms with van der Waals surface area (Å²) in [5.74, 6) is -1.07. The summed E-state index contributed by atoms with van der Waals surface area (Å²) < 4.78 is 17.3. The van der Waals surface area contributed by atoms with Gasteiger partial charge >= 0.3 is 5.97 Å². The van der Waals surface area contributed by atoms with Crippen molar-refractivity contribution in [1.82, 2.24) is 5.32 Å². The molecule has 17 heavy (non-hydrogen) atoms. The lowest BCUT2D eigenvalue weighted by Gasteiger charge is -2.17. The fraction of sp³-hybridized carbons (Fsp3) is 0.333. The van der Waals surface area contributed by atoms with E-state index in [0.29, 0.717) is 5.56 Å². The standard InChI is InChI=1S/C12H14FNO3/c1-8(15)14-11(7-12(16)17-2)9-3-5-10(13)6-4-9/h3-6,11H,7H2,1-2H3,(H,14,15)/t11-/m0/s1. The van der Waals surface area contributed by atoms with Crippen LogP contribution in [-0.4, -0.2) is 19.0 Å². The van der Waals surface area contributed by atoms with Gasteiger partial charge < -0.3 is 10.1 Å². The van der Waals surface area contributed by atoms with Gasteiger partial charge in [-0.15, -0.1) is 0 Å². The van der Waals surface area contributed by atoms with Gasteiger partial charge in [-0.3, -0.25) is 9.59 Å². The van der Waals surface area contributed by atoms with Crippen molar-refractivity contribution in [2.75, 3.05) is 7.11 Å². The number of amides is 1. The summed E-state index contributed by atoms with van der Waals surface area (Å²) in [7, 11) is 1.28. The molecular weight excluding hydrogens is 225 g/mol. The van der Waals surface area contributed by atoms with E-state index >= 15 is 0 Å². The normalized spacial score (nSPS) is 11.7. The van der Waals surface area contributed by atoms with Gasteiger partial charge in [-0.2, -0.15) is 0 Å². The van der Waals surface area contributed by atoms with Gasteiger partial charge in [-0.05, 0) is 17.7 Å². The molecule has 1 atom stereocenters. The number of benzene rings is 1. The van der Waals surface area contributed by atoms with Crippen molar-refractivity contribution in [3.8, 4) is 0 Å². The van der Waals surface area contributed by atoms with E-state index in [-0.39, 0.29) is 18.1 Å². The zero-order valence-corrected chi connectivity index (χ0v) is 9.70. The molecule has 1 amide bonds. The molecular formula is C12H14FNO3. The monoisotopic (exact) mass is 239 g/mol. The molecule has 0 bridgehead atoms. The molecule has 1 aromatic rings. The van der Waals surface area contributed by atoms with Crippen molar-refractivity contribution in [2.24, 2.45) is 0 Å². The summed E-state index contributed by atoms with van der Waals surface area (Å²) >= 11 is 0. The molecule has 0 aliphatic heterocycles. The van der Waals surface area contributed by atoms with E-state index in [0.717, 1.165) is 0 Å². The first-order valence-corrected chi connectivity index (χ1v) is 5.12. The van der Waals surface area contributed by atoms with Crippen LogP contribution < -0.4 is 5.32 Å². The molecule has 0 aliphatic carbocycles. The van der Waals surface area contributed by atoms with Gasteiger partial charge in [-0.25, -0.2) is 4.39 Å². The van der Waals surface area contributed by atoms with Crippen molar-refractivity contribution in [2.45, 2.75) is 19.4 Å². The van der Waals surface area contributed by atoms with E-state index in [1.165, 1.54) is 38.3 Å². The molecule has 0 spiro atoms. The first-order chi connectivity index (χ1) is 8.02. The van der Waals surface area contributed by atoms with Crippen molar-refractivity contribution in [3.63, 3.8) is 0 Å². The fourth-order valence-corrected chi connectivity index (χ4v) is 1.44. The zero-order valence-electron chi connectivity index (χ0n) is 9.70. The first kappa shape index (κ1) is 13.2. The van der Waals surface area contributed by atoms with Crippen LogP contribution in [0.3, 0.4) is 0 Å². The minimum absolute atomic E-state index is 0.0156. The molecule has 0 saturated heterocycles. The number of hydrogen-bond donors (Lipinski definition) is 1. The lowest BCUT2D eigenvalue weighted by atomic mass is 10.0. The highest BCUT2D eigenvalue weighted by molar-refractivity contribution is 5.75. The maximum atomic E-state index is 12.8. The molecule has 0 fully saturated rings. The van der Waals surface area contributed by atoms with Crippen LogP contribution in [0.4, 0.5) is 4.39 Å². The van der Waals surface area contributed by atoms with E-state index in [1.807, 2.05) is 0 Å². The molecule has 5 heteroatoms. The number of carbonyl (C=O) groups is 2. The summed E-state index contributed by atoms with van der Waals surface area (Å²) in [4.78, 5) is 22.2. The molecule has 92 valence electrons. The smallest absolute Gasteiger partial charge is 0.307 e. The van der Waals surface area contributed by atoms with E-state index in [9.17, 15) is 14.0 Å². The molecule has 0 radical (unpaired) electrons. The Labute approximate surface area is 98.8 Å². The van der Waals surface area contributed by atoms with Crippen LogP contribution in [0, 0.1) is 5.82 Å². The number of methoxy groups -OCH3 is 1. The molecule has 0 aromatic heterocycles. The lowest BCUT2D eigenvalue weighted by molar-refractivity contribution is -0.141. The Balaban J connectivity index is 2.85. The second-order valence-electron chi connectivity index (χ2n) is 3.58. The van der Waals surface area contributed by atoms with E-state index in [1.54, 1.807) is 0 Å². The number of ether oxygens (including phenoxy) is 1. The summed E-state index contributed by atoms with van der Waals surface area (Å²) in [6.07, 6.45) is 0.0156. The number of carbonyl (C=O) groups excluding carboxylic acids is 2. The van der Waals surface area contributed by atoms with Crippen molar-refractivity contribution in [1.29, 1.82) is 0 Å². The Bertz CT molecular complexity index is 403. The molecule has 0 heterocycles. The third-order valence-electron chi connectivity index (χ3n) is 2.25. The van der Waals surface area contributed by atoms with Gasteiger partial charge in [0.2, 0.25) is 5.91 Å². The van der Waals surface area contributed by atoms with Crippen LogP contribution in [0.5, 0.6) is 0 Å². The van der Waals surface area contributed by atoms with Crippen LogP contribution in [0.2, 0.25) is 0 Å². The molecule has 1 N–H and O–H groups in total. The highest BCUT2D eigenvalue weighted by Gasteiger charge is 2.17. The fourth-order valence-electron chi connectivity index (χ4n) is 1.44. The van der Waals surface area contributed by atoms with Gasteiger partial charge in [0.05, 0.1) is 19.6 Å². The first-order valence-electron chi connectivity index (χ1n) is 5.12. The Kier molecular flexibility index (Phi) is 4.63. The van der Waals surface area contributed by atoms with Crippen LogP contribution in [-0.2, 0) is 14.3 Å². The third-order valence-corrected chi connectivity index (χ3v) is 2.25. The average molecular weight is 239 g/mol. The minimum atomic E-state index is -0.499. The number of nitrogens with one attached hydrogen (secondary N) is 1. The second kappa shape index (κ2) is 5.98. The van der Waals surface area contributed by atoms with Gasteiger partial charge in [0, 0.05) is 6.92 Å². The number of esters is 1. The number of hydrogen-bond acceptors (Lipinski definition) is 3. The van der Waals surface area contributed by atoms with Gasteiger partial charge in [0.15, 0.2) is 0 Å². The van der Waals surface area contributed by atoms with Crippen LogP contribution in [0.1, 0.15) is 24.9 Å². The van der Waals surface area contributed by atoms with E-state index in [2.05, 4.69) is 10.1 Å². The SMILES string of the molecule is COC(=O)C[C@H](NC(C)=O)c1ccc(F)cc1. The molecule has 1 rings (SSSR count). The second-order valence-corrected chi connectivity index (χ2v) is 3.58. The van der Waals surface area contributed by atoms with Crippen LogP contribution >= 0.6 is 0 Å². The zero-order chi connectivity index (χ0) is 12.8. The van der Waals surface area contributed by atoms with Crippen molar-refractivity contribution in [3.05, 3.63) is 35.6 Å². The maximum Gasteiger partial charge on any atom is 0.307 e. The average Bonchev–Trinajstić information content (AvgIpc) is 2.28. The van der Waals surface area contributed by atoms with Crippen molar-refractivity contribution < 1.29 is 18.7 Å². The largest absolute Gasteiger partial charge is 0.469 e. The van der Waals surface area contributed by atoms with Crippen LogP contribution in [0.25, 0.3) is 0 Å². The quantitative estimate of drug-likeness (QED) is 0.811. The maximum absolute atomic E-state index is 12.8. The van der Waals surface area contributed by atoms with Gasteiger partial charge in [0.25, 0.3) is 0 Å². The minimum Gasteiger partial charge on any atom is -0.469 e. The third kappa shape index (κ3) is 4.22. The van der Waals surface area contributed by atoms with Gasteiger partial charge in [0.1, 0.15) is 5.82 Å². The predicted molar refractivity (Wildman–Crippen MR) is 59.6 cm³/mol. The molecule has 0 aliphatic rings. The number of halogens is 1. The predicted octanol–water partition coefficient (Wildman–Crippen LogP) is 1.57. The van der Waals surface area contributed by atoms with E-state index < -0.39 is 12.0 Å². The molecule has 4 nitrogen and oxygen atoms in total. The summed E-state index contributed by atoms with van der Waals surface area (Å²) in [5.41, 5.74) is 0.659. The Hall–Kier alpha value is -1.91. The Morgan fingerprint density at radius 3 is 2.41 bits per heavy atom. The summed E-state index contributed by atoms with van der Waals surface area (Å²) in [5, 5.41) is 2.62. The van der Waals surface area contributed by atoms with Crippen LogP contribution in [0.15, 0.2) is 24.3 Å². The molecule has 0 saturated carbocycles. The topological polar surface area (TPSA) is 55.4 Å². The van der Waals surface area contributed by atoms with Gasteiger partial charge in [-0.1, -0.05) is 12.1 Å². The Morgan fingerprint density at radius 1 is 1.35 bits per heavy atom. The summed E-state index contributed by atoms with van der Waals surface area (Å²) in [6.45, 7) is 1.35. The molecule has 1 aromatic carbocycles.